The molecule has 0 unspecified atom stereocenters. The predicted octanol–water partition coefficient (Wildman–Crippen LogP) is 11.0. The summed E-state index contributed by atoms with van der Waals surface area (Å²) >= 11 is 5.57. The van der Waals surface area contributed by atoms with Crippen LogP contribution in [0.4, 0.5) is 0 Å². The molecule has 3 aromatic heterocycles. The van der Waals surface area contributed by atoms with Crippen LogP contribution >= 0.6 is 34.9 Å². The SMILES string of the molecule is c1ccc(-c2cnn(-c3ccc4c(c3)B3c5cc(-c6csc(-c7ccc8c(c7)B7c9cc(-n%10cc(-c%11ccccc%11)cn%10)ccc9Sc9cccc(c97)S8)c6)ccc5Oc5cccc(c53)O4)c2)cc1. The molecule has 0 fully saturated rings. The van der Waals surface area contributed by atoms with Crippen LogP contribution in [0.15, 0.2) is 226 Å². The average molecular weight is 937 g/mol. The number of thiophene rings is 1. The highest BCUT2D eigenvalue weighted by atomic mass is 32.2. The monoisotopic (exact) mass is 936 g/mol. The van der Waals surface area contributed by atoms with Crippen molar-refractivity contribution in [3.63, 3.8) is 0 Å². The average Bonchev–Trinajstić information content (AvgIpc) is 4.22. The van der Waals surface area contributed by atoms with Crippen LogP contribution in [0.5, 0.6) is 23.0 Å². The Morgan fingerprint density at radius 2 is 0.913 bits per heavy atom. The lowest BCUT2D eigenvalue weighted by Gasteiger charge is -2.33. The van der Waals surface area contributed by atoms with Gasteiger partial charge in [-0.1, -0.05) is 132 Å². The summed E-state index contributed by atoms with van der Waals surface area (Å²) in [5.74, 6) is 3.35. The van der Waals surface area contributed by atoms with Crippen molar-refractivity contribution < 1.29 is 9.47 Å². The maximum atomic E-state index is 6.66. The molecule has 7 heterocycles. The van der Waals surface area contributed by atoms with E-state index in [2.05, 4.69) is 163 Å². The molecular formula is C58H34B2N4O2S3. The Morgan fingerprint density at radius 1 is 0.377 bits per heavy atom. The zero-order valence-electron chi connectivity index (χ0n) is 36.6. The molecule has 0 aliphatic carbocycles. The van der Waals surface area contributed by atoms with Gasteiger partial charge in [0.05, 0.1) is 23.8 Å². The second-order valence-corrected chi connectivity index (χ2v) is 20.9. The van der Waals surface area contributed by atoms with Gasteiger partial charge in [0.25, 0.3) is 6.71 Å². The molecule has 0 radical (unpaired) electrons. The highest BCUT2D eigenvalue weighted by Gasteiger charge is 2.41. The van der Waals surface area contributed by atoms with Crippen LogP contribution in [0.25, 0.3) is 55.2 Å². The van der Waals surface area contributed by atoms with Gasteiger partial charge in [0.2, 0.25) is 6.71 Å². The van der Waals surface area contributed by atoms with Crippen molar-refractivity contribution in [1.82, 2.24) is 19.6 Å². The van der Waals surface area contributed by atoms with Crippen molar-refractivity contribution in [3.05, 3.63) is 206 Å². The number of benzene rings is 8. The van der Waals surface area contributed by atoms with Gasteiger partial charge >= 0.3 is 0 Å². The lowest BCUT2D eigenvalue weighted by molar-refractivity contribution is 0.464. The number of rotatable bonds is 6. The van der Waals surface area contributed by atoms with Crippen LogP contribution in [0.3, 0.4) is 0 Å². The molecule has 0 N–H and O–H groups in total. The second kappa shape index (κ2) is 15.4. The fraction of sp³-hybridized carbons (Fsp3) is 0. The minimum atomic E-state index is -0.0898. The molecule has 11 aromatic rings. The third-order valence-electron chi connectivity index (χ3n) is 13.9. The summed E-state index contributed by atoms with van der Waals surface area (Å²) in [6, 6.07) is 63.1. The Morgan fingerprint density at radius 3 is 1.59 bits per heavy atom. The topological polar surface area (TPSA) is 54.1 Å². The molecule has 0 atom stereocenters. The van der Waals surface area contributed by atoms with Crippen LogP contribution in [0, 0.1) is 0 Å². The molecule has 322 valence electrons. The minimum Gasteiger partial charge on any atom is -0.458 e. The van der Waals surface area contributed by atoms with Crippen molar-refractivity contribution >= 4 is 81.1 Å². The Bertz CT molecular complexity index is 3630. The normalized spacial score (nSPS) is 13.3. The molecule has 0 saturated heterocycles. The fourth-order valence-corrected chi connectivity index (χ4v) is 13.9. The van der Waals surface area contributed by atoms with Crippen molar-refractivity contribution in [1.29, 1.82) is 0 Å². The van der Waals surface area contributed by atoms with E-state index in [1.54, 1.807) is 11.3 Å². The first-order valence-corrected chi connectivity index (χ1v) is 25.5. The Labute approximate surface area is 411 Å². The van der Waals surface area contributed by atoms with Crippen LogP contribution < -0.4 is 42.3 Å². The van der Waals surface area contributed by atoms with Crippen molar-refractivity contribution in [2.75, 3.05) is 0 Å². The third kappa shape index (κ3) is 6.38. The number of hydrogen-bond donors (Lipinski definition) is 0. The lowest BCUT2D eigenvalue weighted by Crippen LogP contribution is -2.58. The Balaban J connectivity index is 0.787. The van der Waals surface area contributed by atoms with Gasteiger partial charge in [-0.3, -0.25) is 0 Å². The summed E-state index contributed by atoms with van der Waals surface area (Å²) in [6.45, 7) is 0.00992. The van der Waals surface area contributed by atoms with Crippen molar-refractivity contribution in [2.45, 2.75) is 19.6 Å². The summed E-state index contributed by atoms with van der Waals surface area (Å²) in [5.41, 5.74) is 17.4. The molecule has 11 heteroatoms. The molecule has 6 nitrogen and oxygen atoms in total. The van der Waals surface area contributed by atoms with E-state index in [9.17, 15) is 0 Å². The minimum absolute atomic E-state index is 0.0898. The quantitative estimate of drug-likeness (QED) is 0.155. The number of fused-ring (bicyclic) bond motifs is 8. The molecule has 8 aromatic carbocycles. The Kier molecular flexibility index (Phi) is 8.78. The summed E-state index contributed by atoms with van der Waals surface area (Å²) < 4.78 is 17.2. The van der Waals surface area contributed by atoms with E-state index in [1.807, 2.05) is 75.6 Å². The van der Waals surface area contributed by atoms with Gasteiger partial charge in [-0.05, 0) is 128 Å². The van der Waals surface area contributed by atoms with Gasteiger partial charge in [-0.2, -0.15) is 10.2 Å². The van der Waals surface area contributed by atoms with Crippen LogP contribution in [0.1, 0.15) is 0 Å². The van der Waals surface area contributed by atoms with Gasteiger partial charge in [-0.25, -0.2) is 9.36 Å². The Hall–Kier alpha value is -7.69. The first-order valence-electron chi connectivity index (χ1n) is 23.0. The lowest BCUT2D eigenvalue weighted by atomic mass is 9.34. The number of aromatic nitrogens is 4. The number of nitrogens with zero attached hydrogens (tertiary/aromatic N) is 4. The van der Waals surface area contributed by atoms with Crippen LogP contribution in [-0.2, 0) is 0 Å². The van der Waals surface area contributed by atoms with Gasteiger partial charge < -0.3 is 9.47 Å². The molecule has 0 saturated carbocycles. The number of hydrogen-bond acceptors (Lipinski definition) is 7. The third-order valence-corrected chi connectivity index (χ3v) is 17.2. The molecule has 15 rings (SSSR count). The number of ether oxygens (including phenoxy) is 2. The van der Waals surface area contributed by atoms with E-state index >= 15 is 0 Å². The van der Waals surface area contributed by atoms with Gasteiger partial charge in [-0.15, -0.1) is 11.3 Å². The zero-order valence-corrected chi connectivity index (χ0v) is 39.1. The molecular weight excluding hydrogens is 902 g/mol. The van der Waals surface area contributed by atoms with Crippen molar-refractivity contribution in [2.24, 2.45) is 0 Å². The summed E-state index contributed by atoms with van der Waals surface area (Å²) in [6.07, 6.45) is 8.12. The fourth-order valence-electron chi connectivity index (χ4n) is 10.6. The molecule has 0 spiro atoms. The van der Waals surface area contributed by atoms with Crippen molar-refractivity contribution in [3.8, 4) is 78.2 Å². The largest absolute Gasteiger partial charge is 0.458 e. The summed E-state index contributed by atoms with van der Waals surface area (Å²) in [7, 11) is 0. The van der Waals surface area contributed by atoms with E-state index < -0.39 is 0 Å². The van der Waals surface area contributed by atoms with E-state index in [-0.39, 0.29) is 13.4 Å². The maximum absolute atomic E-state index is 6.66. The smallest absolute Gasteiger partial charge is 0.260 e. The van der Waals surface area contributed by atoms with Gasteiger partial charge in [0.1, 0.15) is 23.0 Å². The highest BCUT2D eigenvalue weighted by molar-refractivity contribution is 8.01. The molecule has 4 aliphatic rings. The first-order chi connectivity index (χ1) is 34.1. The van der Waals surface area contributed by atoms with Gasteiger partial charge in [0.15, 0.2) is 0 Å². The molecule has 0 bridgehead atoms. The van der Waals surface area contributed by atoms with E-state index in [0.717, 1.165) is 78.6 Å². The van der Waals surface area contributed by atoms with Crippen LogP contribution in [-0.4, -0.2) is 33.0 Å². The second-order valence-electron chi connectivity index (χ2n) is 17.8. The molecule has 0 amide bonds. The molecule has 4 aliphatic heterocycles. The van der Waals surface area contributed by atoms with Gasteiger partial charge in [0, 0.05) is 53.4 Å². The van der Waals surface area contributed by atoms with E-state index in [4.69, 9.17) is 19.7 Å². The van der Waals surface area contributed by atoms with E-state index in [0.29, 0.717) is 0 Å². The first kappa shape index (κ1) is 39.3. The standard InChI is InChI=1S/C58H34B2N4O2S3/c1-3-9-35(10-4-1)40-30-61-63(32-40)42-19-22-49-45(28-42)59-44-25-37(17-21-48(44)65-50-13-7-14-51(66-49)57(50)59)39-27-56(67-34-39)38-18-23-52-46(26-38)60-47-29-43(64-33-41(31-62-64)36-11-5-2-6-12-36)20-24-53(47)69-55-16-8-15-54(68-52)58(55)60/h1-34H. The maximum Gasteiger partial charge on any atom is 0.260 e. The highest BCUT2D eigenvalue weighted by Crippen LogP contribution is 2.42. The molecule has 69 heavy (non-hydrogen) atoms. The summed E-state index contributed by atoms with van der Waals surface area (Å²) in [5, 5.41) is 11.9. The predicted molar refractivity (Wildman–Crippen MR) is 284 cm³/mol. The summed E-state index contributed by atoms with van der Waals surface area (Å²) in [4.78, 5) is 6.49. The van der Waals surface area contributed by atoms with Crippen LogP contribution in [0.2, 0.25) is 0 Å². The van der Waals surface area contributed by atoms with E-state index in [1.165, 1.54) is 52.0 Å². The zero-order chi connectivity index (χ0) is 45.2.